The summed E-state index contributed by atoms with van der Waals surface area (Å²) in [6.07, 6.45) is 1.89. The molecule has 0 aromatic heterocycles. The lowest BCUT2D eigenvalue weighted by molar-refractivity contribution is -0.141. The lowest BCUT2D eigenvalue weighted by atomic mass is 9.95. The van der Waals surface area contributed by atoms with Crippen LogP contribution in [0.15, 0.2) is 0 Å². The highest BCUT2D eigenvalue weighted by Gasteiger charge is 2.38. The minimum Gasteiger partial charge on any atom is -0.344 e. The van der Waals surface area contributed by atoms with Gasteiger partial charge in [0.2, 0.25) is 17.7 Å². The molecule has 0 aromatic rings. The second-order valence-corrected chi connectivity index (χ2v) is 7.45. The van der Waals surface area contributed by atoms with Gasteiger partial charge in [-0.3, -0.25) is 19.2 Å². The number of Topliss-reactive ketones (excluding diaryl/α,β-unsaturated/α-hetero) is 1. The minimum absolute atomic E-state index is 0.0602. The molecule has 0 spiro atoms. The Hall–Kier alpha value is -1.67. The van der Waals surface area contributed by atoms with E-state index in [9.17, 15) is 19.2 Å². The molecule has 8 nitrogen and oxygen atoms in total. The van der Waals surface area contributed by atoms with Crippen LogP contribution in [0.25, 0.3) is 0 Å². The predicted molar refractivity (Wildman–Crippen MR) is 103 cm³/mol. The van der Waals surface area contributed by atoms with Crippen molar-refractivity contribution in [2.75, 3.05) is 12.4 Å². The number of carbonyl (C=O) groups excluding carboxylic acids is 4. The van der Waals surface area contributed by atoms with E-state index >= 15 is 0 Å². The van der Waals surface area contributed by atoms with Gasteiger partial charge in [0.05, 0.1) is 18.0 Å². The summed E-state index contributed by atoms with van der Waals surface area (Å²) in [6, 6.07) is -2.85. The second-order valence-electron chi connectivity index (χ2n) is 7.18. The van der Waals surface area contributed by atoms with Crippen LogP contribution in [0.3, 0.4) is 0 Å². The lowest BCUT2D eigenvalue weighted by Crippen LogP contribution is -2.56. The van der Waals surface area contributed by atoms with Crippen LogP contribution in [-0.4, -0.2) is 65.0 Å². The van der Waals surface area contributed by atoms with Crippen molar-refractivity contribution < 1.29 is 19.2 Å². The number of nitrogens with one attached hydrogen (secondary N) is 2. The van der Waals surface area contributed by atoms with Crippen molar-refractivity contribution in [3.05, 3.63) is 0 Å². The van der Waals surface area contributed by atoms with Gasteiger partial charge in [-0.2, -0.15) is 0 Å². The molecule has 9 heteroatoms. The maximum absolute atomic E-state index is 12.8. The average molecular weight is 403 g/mol. The fourth-order valence-electron chi connectivity index (χ4n) is 3.07. The second kappa shape index (κ2) is 10.6. The number of rotatable bonds is 9. The molecule has 1 fully saturated rings. The van der Waals surface area contributed by atoms with E-state index in [-0.39, 0.29) is 29.4 Å². The van der Waals surface area contributed by atoms with Crippen LogP contribution < -0.4 is 16.4 Å². The number of carbonyl (C=O) groups is 4. The summed E-state index contributed by atoms with van der Waals surface area (Å²) in [5.41, 5.74) is 5.51. The van der Waals surface area contributed by atoms with Gasteiger partial charge in [-0.25, -0.2) is 0 Å². The third kappa shape index (κ3) is 6.17. The van der Waals surface area contributed by atoms with Crippen molar-refractivity contribution >= 4 is 35.1 Å². The fraction of sp³-hybridized carbons (Fsp3) is 0.778. The largest absolute Gasteiger partial charge is 0.344 e. The number of nitrogens with two attached hydrogens (primary N) is 1. The van der Waals surface area contributed by atoms with Gasteiger partial charge >= 0.3 is 0 Å². The maximum Gasteiger partial charge on any atom is 0.245 e. The summed E-state index contributed by atoms with van der Waals surface area (Å²) < 4.78 is 0. The van der Waals surface area contributed by atoms with Gasteiger partial charge in [-0.15, -0.1) is 11.6 Å². The number of ketones is 1. The summed E-state index contributed by atoms with van der Waals surface area (Å²) in [6.45, 7) is 7.32. The smallest absolute Gasteiger partial charge is 0.245 e. The van der Waals surface area contributed by atoms with E-state index in [0.29, 0.717) is 25.8 Å². The molecule has 0 bridgehead atoms. The van der Waals surface area contributed by atoms with Crippen molar-refractivity contribution in [1.29, 1.82) is 0 Å². The number of halogens is 1. The van der Waals surface area contributed by atoms with Crippen LogP contribution in [0, 0.1) is 5.92 Å². The number of alkyl halides is 1. The van der Waals surface area contributed by atoms with E-state index in [1.807, 2.05) is 13.8 Å². The summed E-state index contributed by atoms with van der Waals surface area (Å²) >= 11 is 5.67. The molecule has 1 saturated heterocycles. The Morgan fingerprint density at radius 2 is 1.81 bits per heavy atom. The zero-order valence-corrected chi connectivity index (χ0v) is 17.2. The molecule has 3 amide bonds. The molecule has 154 valence electrons. The SMILES string of the molecule is CC[C@H](C)[C@H](NC(=O)[C@@H]1CCCN1C(=O)[C@H](C)NC(=O)[C@H](C)N)C(=O)CCl. The highest BCUT2D eigenvalue weighted by Crippen LogP contribution is 2.20. The first-order valence-electron chi connectivity index (χ1n) is 9.39. The third-order valence-corrected chi connectivity index (χ3v) is 5.23. The average Bonchev–Trinajstić information content (AvgIpc) is 3.13. The van der Waals surface area contributed by atoms with Gasteiger partial charge in [-0.05, 0) is 32.6 Å². The predicted octanol–water partition coefficient (Wildman–Crippen LogP) is 0.168. The van der Waals surface area contributed by atoms with E-state index in [1.54, 1.807) is 6.92 Å². The van der Waals surface area contributed by atoms with Crippen LogP contribution in [0.1, 0.15) is 47.0 Å². The first-order chi connectivity index (χ1) is 12.6. The molecule has 4 N–H and O–H groups in total. The zero-order valence-electron chi connectivity index (χ0n) is 16.5. The van der Waals surface area contributed by atoms with E-state index in [0.717, 1.165) is 0 Å². The van der Waals surface area contributed by atoms with Crippen LogP contribution in [0.2, 0.25) is 0 Å². The molecule has 1 heterocycles. The fourth-order valence-corrected chi connectivity index (χ4v) is 3.23. The van der Waals surface area contributed by atoms with Gasteiger partial charge in [0.15, 0.2) is 5.78 Å². The van der Waals surface area contributed by atoms with Crippen LogP contribution in [0.4, 0.5) is 0 Å². The van der Waals surface area contributed by atoms with E-state index in [4.69, 9.17) is 17.3 Å². The number of nitrogens with zero attached hydrogens (tertiary/aromatic N) is 1. The van der Waals surface area contributed by atoms with Crippen molar-refractivity contribution in [2.24, 2.45) is 11.7 Å². The lowest BCUT2D eigenvalue weighted by Gasteiger charge is -2.30. The monoisotopic (exact) mass is 402 g/mol. The highest BCUT2D eigenvalue weighted by atomic mass is 35.5. The number of likely N-dealkylation sites (tertiary alicyclic amines) is 1. The standard InChI is InChI=1S/C18H31ClN4O4/c1-5-10(2)15(14(24)9-19)22-17(26)13-7-6-8-23(13)18(27)12(4)21-16(25)11(3)20/h10-13,15H,5-9,20H2,1-4H3,(H,21,25)(H,22,26)/t10-,11-,12-,13-,15-/m0/s1. The first-order valence-corrected chi connectivity index (χ1v) is 9.92. The molecular formula is C18H31ClN4O4. The number of hydrogen-bond acceptors (Lipinski definition) is 5. The molecule has 0 saturated carbocycles. The van der Waals surface area contributed by atoms with Crippen molar-refractivity contribution in [2.45, 2.75) is 71.1 Å². The Balaban J connectivity index is 2.82. The zero-order chi connectivity index (χ0) is 20.7. The summed E-state index contributed by atoms with van der Waals surface area (Å²) in [5, 5.41) is 5.32. The van der Waals surface area contributed by atoms with Gasteiger partial charge in [0.25, 0.3) is 0 Å². The Kier molecular flexibility index (Phi) is 9.18. The molecule has 0 aromatic carbocycles. The Labute approximate surface area is 165 Å². The molecule has 0 radical (unpaired) electrons. The Morgan fingerprint density at radius 3 is 2.33 bits per heavy atom. The highest BCUT2D eigenvalue weighted by molar-refractivity contribution is 6.28. The number of amides is 3. The van der Waals surface area contributed by atoms with E-state index in [2.05, 4.69) is 10.6 Å². The molecular weight excluding hydrogens is 372 g/mol. The first kappa shape index (κ1) is 23.4. The van der Waals surface area contributed by atoms with Crippen molar-refractivity contribution in [3.63, 3.8) is 0 Å². The molecule has 1 aliphatic heterocycles. The molecule has 1 aliphatic rings. The van der Waals surface area contributed by atoms with Gasteiger partial charge < -0.3 is 21.3 Å². The van der Waals surface area contributed by atoms with Crippen LogP contribution in [0.5, 0.6) is 0 Å². The van der Waals surface area contributed by atoms with Crippen molar-refractivity contribution in [1.82, 2.24) is 15.5 Å². The van der Waals surface area contributed by atoms with E-state index < -0.39 is 30.1 Å². The molecule has 0 aliphatic carbocycles. The normalized spacial score (nSPS) is 21.1. The van der Waals surface area contributed by atoms with Gasteiger partial charge in [0.1, 0.15) is 12.1 Å². The maximum atomic E-state index is 12.8. The van der Waals surface area contributed by atoms with Crippen LogP contribution in [-0.2, 0) is 19.2 Å². The van der Waals surface area contributed by atoms with Gasteiger partial charge in [0, 0.05) is 6.54 Å². The third-order valence-electron chi connectivity index (χ3n) is 4.97. The Morgan fingerprint density at radius 1 is 1.19 bits per heavy atom. The summed E-state index contributed by atoms with van der Waals surface area (Å²) in [7, 11) is 0. The van der Waals surface area contributed by atoms with Crippen LogP contribution >= 0.6 is 11.6 Å². The summed E-state index contributed by atoms with van der Waals surface area (Å²) in [4.78, 5) is 50.7. The quantitative estimate of drug-likeness (QED) is 0.474. The molecule has 1 rings (SSSR count). The van der Waals surface area contributed by atoms with Crippen molar-refractivity contribution in [3.8, 4) is 0 Å². The van der Waals surface area contributed by atoms with E-state index in [1.165, 1.54) is 11.8 Å². The topological polar surface area (TPSA) is 122 Å². The minimum atomic E-state index is -0.785. The number of hydrogen-bond donors (Lipinski definition) is 3. The van der Waals surface area contributed by atoms with Gasteiger partial charge in [-0.1, -0.05) is 20.3 Å². The summed E-state index contributed by atoms with van der Waals surface area (Å²) in [5.74, 6) is -1.62. The molecule has 27 heavy (non-hydrogen) atoms. The Bertz CT molecular complexity index is 570. The molecule has 0 unspecified atom stereocenters. The molecule has 5 atom stereocenters.